The third kappa shape index (κ3) is 24.6. The Kier molecular flexibility index (Phi) is 20.2. The maximum absolute atomic E-state index is 8.04. The van der Waals surface area contributed by atoms with Gasteiger partial charge in [0.15, 0.2) is 0 Å². The van der Waals surface area contributed by atoms with Crippen LogP contribution in [0.4, 0.5) is 0 Å². The lowest BCUT2D eigenvalue weighted by Crippen LogP contribution is -1.92. The lowest BCUT2D eigenvalue weighted by atomic mass is 10.5. The highest BCUT2D eigenvalue weighted by Crippen LogP contribution is 1.81. The highest BCUT2D eigenvalue weighted by Gasteiger charge is 1.77. The lowest BCUT2D eigenvalue weighted by Gasteiger charge is -1.95. The molecule has 0 saturated heterocycles. The summed E-state index contributed by atoms with van der Waals surface area (Å²) in [7, 11) is 0. The van der Waals surface area contributed by atoms with Crippen LogP contribution in [-0.2, 0) is 4.74 Å². The van der Waals surface area contributed by atoms with Gasteiger partial charge in [0.25, 0.3) is 0 Å². The topological polar surface area (TPSA) is 49.7 Å². The van der Waals surface area contributed by atoms with E-state index in [9.17, 15) is 0 Å². The van der Waals surface area contributed by atoms with E-state index < -0.39 is 0 Å². The van der Waals surface area contributed by atoms with E-state index in [4.69, 9.17) is 14.9 Å². The molecule has 0 aromatic carbocycles. The van der Waals surface area contributed by atoms with Gasteiger partial charge in [-0.25, -0.2) is 0 Å². The summed E-state index contributed by atoms with van der Waals surface area (Å²) in [5, 5.41) is 15.9. The standard InChI is InChI=1S/C6H14O.C4H8O2/c1-3-5-7-6-4-2;5-3-1-2-4-6/h3-6H2,1-2H3;1,3,5-6H,2,4H2. The Morgan fingerprint density at radius 3 is 1.92 bits per heavy atom. The van der Waals surface area contributed by atoms with Gasteiger partial charge in [0.05, 0.1) is 6.26 Å². The van der Waals surface area contributed by atoms with E-state index in [1.807, 2.05) is 0 Å². The average Bonchev–Trinajstić information content (AvgIpc) is 2.17. The van der Waals surface area contributed by atoms with Crippen molar-refractivity contribution in [2.45, 2.75) is 33.1 Å². The maximum Gasteiger partial charge on any atom is 0.0752 e. The molecule has 0 rings (SSSR count). The molecular weight excluding hydrogens is 168 g/mol. The van der Waals surface area contributed by atoms with Gasteiger partial charge in [0.1, 0.15) is 0 Å². The molecule has 0 heterocycles. The normalized spacial score (nSPS) is 9.77. The zero-order chi connectivity index (χ0) is 10.4. The van der Waals surface area contributed by atoms with Crippen molar-refractivity contribution in [3.05, 3.63) is 12.3 Å². The van der Waals surface area contributed by atoms with Crippen LogP contribution in [0.1, 0.15) is 33.1 Å². The molecule has 0 aromatic rings. The van der Waals surface area contributed by atoms with E-state index in [1.54, 1.807) is 0 Å². The van der Waals surface area contributed by atoms with Crippen LogP contribution in [0.15, 0.2) is 12.3 Å². The minimum atomic E-state index is 0.108. The molecule has 0 amide bonds. The van der Waals surface area contributed by atoms with Crippen LogP contribution in [0, 0.1) is 0 Å². The first-order valence-corrected chi connectivity index (χ1v) is 4.81. The minimum absolute atomic E-state index is 0.108. The van der Waals surface area contributed by atoms with Gasteiger partial charge >= 0.3 is 0 Å². The second-order valence-corrected chi connectivity index (χ2v) is 2.51. The predicted molar refractivity (Wildman–Crippen MR) is 54.9 cm³/mol. The number of hydrogen-bond donors (Lipinski definition) is 2. The Labute approximate surface area is 81.0 Å². The number of ether oxygens (including phenoxy) is 1. The number of aliphatic hydroxyl groups excluding tert-OH is 2. The zero-order valence-corrected chi connectivity index (χ0v) is 8.70. The van der Waals surface area contributed by atoms with Crippen LogP contribution < -0.4 is 0 Å². The fourth-order valence-corrected chi connectivity index (χ4v) is 0.540. The molecule has 0 aliphatic rings. The highest BCUT2D eigenvalue weighted by molar-refractivity contribution is 4.69. The van der Waals surface area contributed by atoms with Gasteiger partial charge in [-0.15, -0.1) is 0 Å². The quantitative estimate of drug-likeness (QED) is 0.499. The molecule has 0 aliphatic carbocycles. The molecule has 3 heteroatoms. The van der Waals surface area contributed by atoms with Crippen molar-refractivity contribution >= 4 is 0 Å². The van der Waals surface area contributed by atoms with Gasteiger partial charge in [-0.3, -0.25) is 0 Å². The molecule has 2 N–H and O–H groups in total. The Bertz CT molecular complexity index is 88.2. The maximum atomic E-state index is 8.04. The molecule has 13 heavy (non-hydrogen) atoms. The van der Waals surface area contributed by atoms with Crippen molar-refractivity contribution < 1.29 is 14.9 Å². The lowest BCUT2D eigenvalue weighted by molar-refractivity contribution is 0.135. The Morgan fingerprint density at radius 1 is 1.15 bits per heavy atom. The molecule has 0 spiro atoms. The van der Waals surface area contributed by atoms with Gasteiger partial charge in [-0.05, 0) is 25.3 Å². The smallest absolute Gasteiger partial charge is 0.0752 e. The summed E-state index contributed by atoms with van der Waals surface area (Å²) in [5.74, 6) is 0. The summed E-state index contributed by atoms with van der Waals surface area (Å²) in [5.41, 5.74) is 0. The summed E-state index contributed by atoms with van der Waals surface area (Å²) >= 11 is 0. The van der Waals surface area contributed by atoms with Crippen LogP contribution in [-0.4, -0.2) is 30.0 Å². The molecule has 0 aromatic heterocycles. The van der Waals surface area contributed by atoms with E-state index in [0.29, 0.717) is 6.42 Å². The van der Waals surface area contributed by atoms with Crippen molar-refractivity contribution in [1.29, 1.82) is 0 Å². The third-order valence-corrected chi connectivity index (χ3v) is 1.10. The second-order valence-electron chi connectivity index (χ2n) is 2.51. The first-order valence-electron chi connectivity index (χ1n) is 4.81. The molecule has 80 valence electrons. The van der Waals surface area contributed by atoms with Crippen molar-refractivity contribution in [3.63, 3.8) is 0 Å². The van der Waals surface area contributed by atoms with Crippen LogP contribution in [0.25, 0.3) is 0 Å². The molecular formula is C10H22O3. The van der Waals surface area contributed by atoms with Crippen LogP contribution in [0.5, 0.6) is 0 Å². The number of hydrogen-bond acceptors (Lipinski definition) is 3. The van der Waals surface area contributed by atoms with Crippen molar-refractivity contribution in [2.75, 3.05) is 19.8 Å². The SMILES string of the molecule is CCCOCCC.OC=CCCO. The molecule has 3 nitrogen and oxygen atoms in total. The van der Waals surface area contributed by atoms with E-state index >= 15 is 0 Å². The molecule has 0 radical (unpaired) electrons. The van der Waals surface area contributed by atoms with Crippen LogP contribution in [0.2, 0.25) is 0 Å². The van der Waals surface area contributed by atoms with Crippen LogP contribution in [0.3, 0.4) is 0 Å². The van der Waals surface area contributed by atoms with Gasteiger partial charge in [0, 0.05) is 19.8 Å². The predicted octanol–water partition coefficient (Wildman–Crippen LogP) is 2.26. The van der Waals surface area contributed by atoms with Gasteiger partial charge < -0.3 is 14.9 Å². The Morgan fingerprint density at radius 2 is 1.69 bits per heavy atom. The molecule has 0 bridgehead atoms. The fraction of sp³-hybridized carbons (Fsp3) is 0.800. The molecule has 0 atom stereocenters. The van der Waals surface area contributed by atoms with E-state index in [2.05, 4.69) is 13.8 Å². The second kappa shape index (κ2) is 17.5. The molecule has 0 saturated carbocycles. The van der Waals surface area contributed by atoms with Gasteiger partial charge in [-0.1, -0.05) is 13.8 Å². The first-order chi connectivity index (χ1) is 6.33. The molecule has 0 fully saturated rings. The number of rotatable bonds is 6. The highest BCUT2D eigenvalue weighted by atomic mass is 16.5. The summed E-state index contributed by atoms with van der Waals surface area (Å²) in [6.45, 7) is 6.20. The molecule has 0 aliphatic heterocycles. The van der Waals surface area contributed by atoms with Gasteiger partial charge in [-0.2, -0.15) is 0 Å². The van der Waals surface area contributed by atoms with Crippen LogP contribution >= 0.6 is 0 Å². The Hall–Kier alpha value is -0.540. The third-order valence-electron chi connectivity index (χ3n) is 1.10. The monoisotopic (exact) mass is 190 g/mol. The van der Waals surface area contributed by atoms with Crippen molar-refractivity contribution in [1.82, 2.24) is 0 Å². The zero-order valence-electron chi connectivity index (χ0n) is 8.70. The van der Waals surface area contributed by atoms with Crippen molar-refractivity contribution in [3.8, 4) is 0 Å². The number of aliphatic hydroxyl groups is 2. The summed E-state index contributed by atoms with van der Waals surface area (Å²) in [6.07, 6.45) is 5.23. The van der Waals surface area contributed by atoms with Gasteiger partial charge in [0.2, 0.25) is 0 Å². The summed E-state index contributed by atoms with van der Waals surface area (Å²) < 4.78 is 5.13. The first kappa shape index (κ1) is 15.0. The minimum Gasteiger partial charge on any atom is -0.516 e. The van der Waals surface area contributed by atoms with E-state index in [-0.39, 0.29) is 6.61 Å². The molecule has 0 unspecified atom stereocenters. The average molecular weight is 190 g/mol. The summed E-state index contributed by atoms with van der Waals surface area (Å²) in [4.78, 5) is 0. The van der Waals surface area contributed by atoms with Crippen molar-refractivity contribution in [2.24, 2.45) is 0 Å². The Balaban J connectivity index is 0. The summed E-state index contributed by atoms with van der Waals surface area (Å²) in [6, 6.07) is 0. The van der Waals surface area contributed by atoms with E-state index in [1.165, 1.54) is 6.08 Å². The van der Waals surface area contributed by atoms with E-state index in [0.717, 1.165) is 32.3 Å². The fourth-order valence-electron chi connectivity index (χ4n) is 0.540. The largest absolute Gasteiger partial charge is 0.516 e.